The predicted molar refractivity (Wildman–Crippen MR) is 127 cm³/mol. The monoisotopic (exact) mass is 433 g/mol. The van der Waals surface area contributed by atoms with Crippen molar-refractivity contribution in [1.82, 2.24) is 15.1 Å². The number of methoxy groups -OCH3 is 1. The summed E-state index contributed by atoms with van der Waals surface area (Å²) < 4.78 is 5.39. The number of benzene rings is 2. The number of ether oxygens (including phenoxy) is 1. The van der Waals surface area contributed by atoms with Crippen molar-refractivity contribution in [2.24, 2.45) is 5.92 Å². The summed E-state index contributed by atoms with van der Waals surface area (Å²) in [6.45, 7) is 5.24. The molecule has 5 heteroatoms. The van der Waals surface area contributed by atoms with Gasteiger partial charge in [0.05, 0.1) is 13.2 Å². The number of nitrogens with zero attached hydrogens (tertiary/aromatic N) is 2. The topological polar surface area (TPSA) is 44.8 Å². The molecule has 0 bridgehead atoms. The number of amides is 2. The first-order valence-electron chi connectivity index (χ1n) is 12.2. The van der Waals surface area contributed by atoms with Crippen LogP contribution in [0.4, 0.5) is 4.79 Å². The highest BCUT2D eigenvalue weighted by Crippen LogP contribution is 2.42. The van der Waals surface area contributed by atoms with Crippen molar-refractivity contribution in [3.8, 4) is 5.75 Å². The predicted octanol–water partition coefficient (Wildman–Crippen LogP) is 4.94. The molecule has 4 atom stereocenters. The zero-order valence-electron chi connectivity index (χ0n) is 19.3. The average molecular weight is 434 g/mol. The van der Waals surface area contributed by atoms with E-state index in [9.17, 15) is 4.79 Å². The lowest BCUT2D eigenvalue weighted by atomic mass is 9.77. The molecule has 5 nitrogen and oxygen atoms in total. The Morgan fingerprint density at radius 2 is 2.06 bits per heavy atom. The van der Waals surface area contributed by atoms with Gasteiger partial charge in [0, 0.05) is 31.7 Å². The van der Waals surface area contributed by atoms with Crippen molar-refractivity contribution < 1.29 is 9.53 Å². The summed E-state index contributed by atoms with van der Waals surface area (Å²) >= 11 is 0. The third kappa shape index (κ3) is 3.99. The Labute approximate surface area is 191 Å². The maximum absolute atomic E-state index is 13.5. The van der Waals surface area contributed by atoms with E-state index in [0.717, 1.165) is 56.6 Å². The lowest BCUT2D eigenvalue weighted by Gasteiger charge is -2.52. The van der Waals surface area contributed by atoms with Crippen LogP contribution in [0.1, 0.15) is 61.4 Å². The second kappa shape index (κ2) is 9.14. The summed E-state index contributed by atoms with van der Waals surface area (Å²) in [6, 6.07) is 17.8. The molecule has 5 rings (SSSR count). The van der Waals surface area contributed by atoms with E-state index in [4.69, 9.17) is 4.74 Å². The molecule has 3 heterocycles. The molecule has 3 aliphatic rings. The fourth-order valence-corrected chi connectivity index (χ4v) is 6.16. The maximum Gasteiger partial charge on any atom is 0.318 e. The molecule has 32 heavy (non-hydrogen) atoms. The van der Waals surface area contributed by atoms with E-state index in [2.05, 4.69) is 52.4 Å². The molecule has 0 aromatic heterocycles. The molecule has 170 valence electrons. The Kier molecular flexibility index (Phi) is 6.09. The van der Waals surface area contributed by atoms with Gasteiger partial charge in [-0.2, -0.15) is 0 Å². The first kappa shape index (κ1) is 21.3. The van der Waals surface area contributed by atoms with Crippen LogP contribution < -0.4 is 10.1 Å². The van der Waals surface area contributed by atoms with Crippen LogP contribution in [0.15, 0.2) is 48.5 Å². The van der Waals surface area contributed by atoms with Gasteiger partial charge in [-0.15, -0.1) is 0 Å². The van der Waals surface area contributed by atoms with Gasteiger partial charge in [-0.3, -0.25) is 4.90 Å². The molecule has 2 aromatic rings. The molecule has 0 saturated carbocycles. The number of fused-ring (bicyclic) bond motifs is 4. The van der Waals surface area contributed by atoms with Crippen molar-refractivity contribution >= 4 is 6.03 Å². The summed E-state index contributed by atoms with van der Waals surface area (Å²) in [5.41, 5.74) is 4.07. The molecule has 3 aliphatic heterocycles. The standard InChI is InChI=1S/C27H35N3O2/c1-3-24(20-9-6-11-22(16-20)32-2)28-27(31)30-14-7-10-21-18-29-15-13-19-8-4-5-12-23(19)26(29)17-25(21)30/h4-6,8-9,11-12,16,21,24-26H,3,7,10,13-15,17-18H2,1-2H3,(H,28,31)/t21-,24+,25+,26+/m0/s1. The van der Waals surface area contributed by atoms with E-state index >= 15 is 0 Å². The van der Waals surface area contributed by atoms with Crippen LogP contribution >= 0.6 is 0 Å². The number of urea groups is 1. The van der Waals surface area contributed by atoms with Gasteiger partial charge in [-0.25, -0.2) is 4.79 Å². The SMILES string of the molecule is CC[C@@H](NC(=O)N1CCC[C@H]2CN3CCc4ccccc4[C@H]3C[C@H]21)c1cccc(OC)c1. The number of carbonyl (C=O) groups is 1. The molecule has 2 fully saturated rings. The fourth-order valence-electron chi connectivity index (χ4n) is 6.16. The molecule has 0 spiro atoms. The maximum atomic E-state index is 13.5. The van der Waals surface area contributed by atoms with Gasteiger partial charge in [-0.1, -0.05) is 43.3 Å². The first-order valence-corrected chi connectivity index (χ1v) is 12.2. The summed E-state index contributed by atoms with van der Waals surface area (Å²) in [6.07, 6.45) is 5.37. The third-order valence-corrected chi connectivity index (χ3v) is 7.84. The molecule has 1 N–H and O–H groups in total. The quantitative estimate of drug-likeness (QED) is 0.743. The van der Waals surface area contributed by atoms with Gasteiger partial charge in [0.1, 0.15) is 5.75 Å². The summed E-state index contributed by atoms with van der Waals surface area (Å²) in [7, 11) is 1.68. The Morgan fingerprint density at radius 3 is 2.91 bits per heavy atom. The van der Waals surface area contributed by atoms with Gasteiger partial charge in [-0.05, 0) is 66.8 Å². The van der Waals surface area contributed by atoms with E-state index in [1.54, 1.807) is 7.11 Å². The number of hydrogen-bond acceptors (Lipinski definition) is 3. The number of nitrogens with one attached hydrogen (secondary N) is 1. The minimum Gasteiger partial charge on any atom is -0.497 e. The highest BCUT2D eigenvalue weighted by molar-refractivity contribution is 5.75. The fraction of sp³-hybridized carbons (Fsp3) is 0.519. The number of carbonyl (C=O) groups excluding carboxylic acids is 1. The second-order valence-electron chi connectivity index (χ2n) is 9.55. The van der Waals surface area contributed by atoms with Crippen LogP contribution in [-0.4, -0.2) is 48.6 Å². The Balaban J connectivity index is 1.34. The normalized spacial score (nSPS) is 25.8. The van der Waals surface area contributed by atoms with Crippen molar-refractivity contribution in [3.63, 3.8) is 0 Å². The number of rotatable bonds is 4. The summed E-state index contributed by atoms with van der Waals surface area (Å²) in [5, 5.41) is 3.35. The van der Waals surface area contributed by atoms with E-state index < -0.39 is 0 Å². The van der Waals surface area contributed by atoms with Crippen LogP contribution in [0, 0.1) is 5.92 Å². The van der Waals surface area contributed by atoms with Gasteiger partial charge in [0.2, 0.25) is 0 Å². The smallest absolute Gasteiger partial charge is 0.318 e. The minimum absolute atomic E-state index is 0.00604. The zero-order valence-corrected chi connectivity index (χ0v) is 19.3. The molecule has 0 aliphatic carbocycles. The summed E-state index contributed by atoms with van der Waals surface area (Å²) in [4.78, 5) is 18.4. The largest absolute Gasteiger partial charge is 0.497 e. The average Bonchev–Trinajstić information content (AvgIpc) is 2.85. The molecule has 2 amide bonds. The van der Waals surface area contributed by atoms with E-state index in [0.29, 0.717) is 18.0 Å². The molecular formula is C27H35N3O2. The molecule has 2 saturated heterocycles. The minimum atomic E-state index is -0.00604. The van der Waals surface area contributed by atoms with Crippen LogP contribution in [0.5, 0.6) is 5.75 Å². The van der Waals surface area contributed by atoms with Crippen molar-refractivity contribution in [1.29, 1.82) is 0 Å². The van der Waals surface area contributed by atoms with Gasteiger partial charge < -0.3 is 15.0 Å². The highest BCUT2D eigenvalue weighted by atomic mass is 16.5. The van der Waals surface area contributed by atoms with Crippen molar-refractivity contribution in [2.45, 2.75) is 57.2 Å². The zero-order chi connectivity index (χ0) is 22.1. The lowest BCUT2D eigenvalue weighted by molar-refractivity contribution is 0.00521. The summed E-state index contributed by atoms with van der Waals surface area (Å²) in [5.74, 6) is 1.41. The Bertz CT molecular complexity index is 961. The molecule has 0 radical (unpaired) electrons. The van der Waals surface area contributed by atoms with Crippen LogP contribution in [0.3, 0.4) is 0 Å². The first-order chi connectivity index (χ1) is 15.7. The van der Waals surface area contributed by atoms with Gasteiger partial charge in [0.15, 0.2) is 0 Å². The van der Waals surface area contributed by atoms with Crippen molar-refractivity contribution in [3.05, 3.63) is 65.2 Å². The van der Waals surface area contributed by atoms with Crippen LogP contribution in [0.25, 0.3) is 0 Å². The lowest BCUT2D eigenvalue weighted by Crippen LogP contribution is -2.59. The third-order valence-electron chi connectivity index (χ3n) is 7.84. The van der Waals surface area contributed by atoms with Gasteiger partial charge >= 0.3 is 6.03 Å². The Morgan fingerprint density at radius 1 is 1.19 bits per heavy atom. The molecular weight excluding hydrogens is 398 g/mol. The van der Waals surface area contributed by atoms with E-state index in [1.165, 1.54) is 17.5 Å². The van der Waals surface area contributed by atoms with Crippen molar-refractivity contribution in [2.75, 3.05) is 26.7 Å². The number of hydrogen-bond donors (Lipinski definition) is 1. The van der Waals surface area contributed by atoms with Gasteiger partial charge in [0.25, 0.3) is 0 Å². The number of likely N-dealkylation sites (tertiary alicyclic amines) is 1. The van der Waals surface area contributed by atoms with Crippen LogP contribution in [0.2, 0.25) is 0 Å². The Hall–Kier alpha value is -2.53. The second-order valence-corrected chi connectivity index (χ2v) is 9.55. The van der Waals surface area contributed by atoms with E-state index in [-0.39, 0.29) is 12.1 Å². The van der Waals surface area contributed by atoms with Crippen LogP contribution in [-0.2, 0) is 6.42 Å². The highest BCUT2D eigenvalue weighted by Gasteiger charge is 2.44. The number of piperidine rings is 2. The van der Waals surface area contributed by atoms with E-state index in [1.807, 2.05) is 18.2 Å². The molecule has 2 aromatic carbocycles. The molecule has 0 unspecified atom stereocenters.